The van der Waals surface area contributed by atoms with Gasteiger partial charge < -0.3 is 34.3 Å². The predicted octanol–water partition coefficient (Wildman–Crippen LogP) is 8.71. The standard InChI is InChI=1S/C44H41BrO12/c1-18-14-29(47)17-31(54-10)33(18)43(52)57-40-25(8)23(6)36(38(48)37(40)45)44(53)55-30-15-19(2)32(21(4)20(30)3)42(51)56-39-24(7)22(5)35(41(49)50)34(26(39)9)27-12-11-13-28(46)16-27/h11-17,33,46,48H,1-10H3,(H,49,50). The summed E-state index contributed by atoms with van der Waals surface area (Å²) >= 11 is 3.27. The Hall–Kier alpha value is -6.21. The van der Waals surface area contributed by atoms with Crippen LogP contribution < -0.4 is 14.2 Å². The van der Waals surface area contributed by atoms with Crippen LogP contribution in [-0.4, -0.2) is 52.1 Å². The molecule has 296 valence electrons. The smallest absolute Gasteiger partial charge is 0.347 e. The van der Waals surface area contributed by atoms with Crippen LogP contribution in [0.15, 0.2) is 58.3 Å². The summed E-state index contributed by atoms with van der Waals surface area (Å²) in [7, 11) is 1.34. The first-order valence-electron chi connectivity index (χ1n) is 17.6. The van der Waals surface area contributed by atoms with Crippen LogP contribution in [0.2, 0.25) is 0 Å². The van der Waals surface area contributed by atoms with E-state index in [4.69, 9.17) is 18.9 Å². The number of allylic oxidation sites excluding steroid dienone is 2. The van der Waals surface area contributed by atoms with E-state index in [-0.39, 0.29) is 61.3 Å². The van der Waals surface area contributed by atoms with E-state index in [9.17, 15) is 39.3 Å². The Bertz CT molecular complexity index is 2480. The number of carboxylic acid groups (broad SMARTS) is 1. The number of rotatable bonds is 9. The van der Waals surface area contributed by atoms with Crippen LogP contribution in [0.4, 0.5) is 0 Å². The zero-order chi connectivity index (χ0) is 42.4. The molecule has 1 aliphatic rings. The molecule has 13 heteroatoms. The molecule has 3 N–H and O–H groups in total. The Kier molecular flexibility index (Phi) is 11.8. The molecule has 0 saturated heterocycles. The van der Waals surface area contributed by atoms with Gasteiger partial charge in [0.05, 0.1) is 18.2 Å². The highest BCUT2D eigenvalue weighted by Crippen LogP contribution is 2.44. The van der Waals surface area contributed by atoms with Crippen molar-refractivity contribution in [3.63, 3.8) is 0 Å². The van der Waals surface area contributed by atoms with Crippen molar-refractivity contribution in [2.75, 3.05) is 7.11 Å². The lowest BCUT2D eigenvalue weighted by Gasteiger charge is -2.23. The highest BCUT2D eigenvalue weighted by Gasteiger charge is 2.34. The minimum absolute atomic E-state index is 0.0210. The average molecular weight is 842 g/mol. The number of aromatic carboxylic acids is 1. The molecule has 0 aliphatic heterocycles. The van der Waals surface area contributed by atoms with Crippen molar-refractivity contribution in [3.8, 4) is 39.9 Å². The zero-order valence-corrected chi connectivity index (χ0v) is 34.6. The molecule has 12 nitrogen and oxygen atoms in total. The highest BCUT2D eigenvalue weighted by atomic mass is 79.9. The molecule has 0 bridgehead atoms. The normalized spacial score (nSPS) is 13.7. The number of benzene rings is 4. The summed E-state index contributed by atoms with van der Waals surface area (Å²) < 4.78 is 22.8. The van der Waals surface area contributed by atoms with Gasteiger partial charge in [0.1, 0.15) is 44.7 Å². The predicted molar refractivity (Wildman–Crippen MR) is 214 cm³/mol. The van der Waals surface area contributed by atoms with E-state index in [1.165, 1.54) is 37.5 Å². The number of methoxy groups -OCH3 is 1. The minimum Gasteiger partial charge on any atom is -0.508 e. The van der Waals surface area contributed by atoms with Crippen molar-refractivity contribution >= 4 is 45.6 Å². The van der Waals surface area contributed by atoms with Crippen molar-refractivity contribution in [1.29, 1.82) is 0 Å². The summed E-state index contributed by atoms with van der Waals surface area (Å²) in [5.74, 6) is -5.16. The first-order valence-corrected chi connectivity index (χ1v) is 18.4. The second-order valence-corrected chi connectivity index (χ2v) is 14.7. The summed E-state index contributed by atoms with van der Waals surface area (Å²) in [6, 6.07) is 7.66. The number of ketones is 1. The number of hydrogen-bond donors (Lipinski definition) is 3. The van der Waals surface area contributed by atoms with E-state index in [0.29, 0.717) is 55.6 Å². The molecule has 1 aliphatic carbocycles. The SMILES string of the molecule is COC1=CC(=O)C=C(C)C1C(=O)Oc1c(C)c(C)c(C(=O)Oc2cc(C)c(C(=O)Oc3c(C)c(C)c(C(=O)O)c(-c4cccc(O)c4)c3C)c(C)c2C)c(O)c1Br. The van der Waals surface area contributed by atoms with Gasteiger partial charge in [-0.25, -0.2) is 14.4 Å². The first-order chi connectivity index (χ1) is 26.7. The summed E-state index contributed by atoms with van der Waals surface area (Å²) in [4.78, 5) is 65.5. The maximum atomic E-state index is 14.0. The number of carbonyl (C=O) groups is 5. The van der Waals surface area contributed by atoms with Gasteiger partial charge in [0.25, 0.3) is 0 Å². The van der Waals surface area contributed by atoms with Gasteiger partial charge in [-0.3, -0.25) is 9.59 Å². The van der Waals surface area contributed by atoms with E-state index >= 15 is 0 Å². The number of ether oxygens (including phenoxy) is 4. The van der Waals surface area contributed by atoms with Crippen molar-refractivity contribution in [3.05, 3.63) is 119 Å². The Morgan fingerprint density at radius 1 is 0.684 bits per heavy atom. The fraction of sp³-hybridized carbons (Fsp3) is 0.250. The van der Waals surface area contributed by atoms with Crippen LogP contribution in [0.5, 0.6) is 28.7 Å². The summed E-state index contributed by atoms with van der Waals surface area (Å²) in [5, 5.41) is 31.6. The molecule has 0 saturated carbocycles. The van der Waals surface area contributed by atoms with Crippen LogP contribution in [0.3, 0.4) is 0 Å². The van der Waals surface area contributed by atoms with Gasteiger partial charge in [0.15, 0.2) is 11.5 Å². The van der Waals surface area contributed by atoms with Crippen LogP contribution in [-0.2, 0) is 14.3 Å². The second kappa shape index (κ2) is 16.1. The van der Waals surface area contributed by atoms with E-state index in [2.05, 4.69) is 15.9 Å². The maximum Gasteiger partial charge on any atom is 0.347 e. The molecule has 4 aromatic carbocycles. The van der Waals surface area contributed by atoms with Crippen LogP contribution in [0, 0.1) is 61.3 Å². The summed E-state index contributed by atoms with van der Waals surface area (Å²) in [5.41, 5.74) is 4.31. The number of halogens is 1. The van der Waals surface area contributed by atoms with E-state index in [1.54, 1.807) is 74.4 Å². The molecule has 0 heterocycles. The lowest BCUT2D eigenvalue weighted by molar-refractivity contribution is -0.137. The third kappa shape index (κ3) is 7.67. The quantitative estimate of drug-likeness (QED) is 0.108. The van der Waals surface area contributed by atoms with Crippen molar-refractivity contribution in [2.24, 2.45) is 5.92 Å². The van der Waals surface area contributed by atoms with Crippen molar-refractivity contribution < 1.29 is 58.2 Å². The number of phenolic OH excluding ortho intramolecular Hbond substituents is 2. The van der Waals surface area contributed by atoms with E-state index in [1.807, 2.05) is 0 Å². The van der Waals surface area contributed by atoms with Crippen LogP contribution in [0.1, 0.15) is 82.5 Å². The van der Waals surface area contributed by atoms with Gasteiger partial charge in [-0.2, -0.15) is 0 Å². The molecule has 0 spiro atoms. The molecule has 5 rings (SSSR count). The molecular formula is C44H41BrO12. The molecule has 57 heavy (non-hydrogen) atoms. The Morgan fingerprint density at radius 3 is 1.89 bits per heavy atom. The van der Waals surface area contributed by atoms with Gasteiger partial charge in [0, 0.05) is 17.2 Å². The number of aryl methyl sites for hydroxylation is 1. The fourth-order valence-electron chi connectivity index (χ4n) is 7.05. The average Bonchev–Trinajstić information content (AvgIpc) is 3.13. The monoisotopic (exact) mass is 840 g/mol. The van der Waals surface area contributed by atoms with Gasteiger partial charge in [-0.1, -0.05) is 12.1 Å². The number of carbonyl (C=O) groups excluding carboxylic acids is 4. The van der Waals surface area contributed by atoms with Gasteiger partial charge >= 0.3 is 23.9 Å². The molecule has 1 atom stereocenters. The van der Waals surface area contributed by atoms with Crippen LogP contribution in [0.25, 0.3) is 11.1 Å². The fourth-order valence-corrected chi connectivity index (χ4v) is 7.63. The Labute approximate surface area is 337 Å². The third-order valence-corrected chi connectivity index (χ3v) is 11.2. The Morgan fingerprint density at radius 2 is 1.28 bits per heavy atom. The highest BCUT2D eigenvalue weighted by molar-refractivity contribution is 9.10. The maximum absolute atomic E-state index is 14.0. The molecule has 0 fully saturated rings. The largest absolute Gasteiger partial charge is 0.508 e. The van der Waals surface area contributed by atoms with Crippen molar-refractivity contribution in [1.82, 2.24) is 0 Å². The van der Waals surface area contributed by atoms with Gasteiger partial charge in [-0.05, 0) is 153 Å². The number of phenols is 2. The van der Waals surface area contributed by atoms with Crippen LogP contribution >= 0.6 is 15.9 Å². The van der Waals surface area contributed by atoms with E-state index < -0.39 is 35.5 Å². The second-order valence-electron chi connectivity index (χ2n) is 13.9. The third-order valence-electron chi connectivity index (χ3n) is 10.4. The number of esters is 3. The summed E-state index contributed by atoms with van der Waals surface area (Å²) in [6.45, 7) is 14.7. The zero-order valence-electron chi connectivity index (χ0n) is 33.0. The first kappa shape index (κ1) is 41.9. The molecule has 1 unspecified atom stereocenters. The lowest BCUT2D eigenvalue weighted by Crippen LogP contribution is -2.28. The lowest BCUT2D eigenvalue weighted by atomic mass is 9.88. The van der Waals surface area contributed by atoms with Gasteiger partial charge in [0.2, 0.25) is 0 Å². The van der Waals surface area contributed by atoms with E-state index in [0.717, 1.165) is 0 Å². The molecule has 4 aromatic rings. The Balaban J connectivity index is 1.46. The number of aromatic hydroxyl groups is 2. The van der Waals surface area contributed by atoms with Crippen molar-refractivity contribution in [2.45, 2.75) is 62.3 Å². The number of carboxylic acids is 1. The minimum atomic E-state index is -1.17. The molecule has 0 aromatic heterocycles. The topological polar surface area (TPSA) is 183 Å². The molecule has 0 radical (unpaired) electrons. The molecule has 0 amide bonds. The summed E-state index contributed by atoms with van der Waals surface area (Å²) in [6.07, 6.45) is 2.50. The van der Waals surface area contributed by atoms with Gasteiger partial charge in [-0.15, -0.1) is 0 Å². The number of hydrogen-bond acceptors (Lipinski definition) is 11. The molecular weight excluding hydrogens is 800 g/mol.